The van der Waals surface area contributed by atoms with Crippen molar-refractivity contribution in [3.05, 3.63) is 0 Å². The smallest absolute Gasteiger partial charge is 0.00540 e. The van der Waals surface area contributed by atoms with Crippen LogP contribution in [-0.2, 0) is 0 Å². The Morgan fingerprint density at radius 1 is 0.933 bits per heavy atom. The minimum Gasteiger partial charge on any atom is -0.300 e. The van der Waals surface area contributed by atoms with Crippen LogP contribution in [0.5, 0.6) is 0 Å². The first-order chi connectivity index (χ1) is 6.92. The van der Waals surface area contributed by atoms with E-state index < -0.39 is 0 Å². The van der Waals surface area contributed by atoms with E-state index in [9.17, 15) is 0 Å². The van der Waals surface area contributed by atoms with Crippen LogP contribution in [0.25, 0.3) is 0 Å². The lowest BCUT2D eigenvalue weighted by atomic mass is 9.83. The van der Waals surface area contributed by atoms with Crippen LogP contribution in [0.1, 0.15) is 34.6 Å². The summed E-state index contributed by atoms with van der Waals surface area (Å²) in [6.07, 6.45) is 0. The quantitative estimate of drug-likeness (QED) is 0.688. The molecule has 0 aromatic rings. The Balaban J connectivity index is 2.03. The fourth-order valence-corrected chi connectivity index (χ4v) is 3.22. The summed E-state index contributed by atoms with van der Waals surface area (Å²) in [5.74, 6) is 0.905. The van der Waals surface area contributed by atoms with Gasteiger partial charge in [-0.15, -0.1) is 0 Å². The molecule has 2 saturated heterocycles. The van der Waals surface area contributed by atoms with Gasteiger partial charge in [0.2, 0.25) is 0 Å². The molecule has 88 valence electrons. The van der Waals surface area contributed by atoms with Gasteiger partial charge in [-0.05, 0) is 39.0 Å². The summed E-state index contributed by atoms with van der Waals surface area (Å²) in [5, 5.41) is 0. The zero-order valence-electron chi connectivity index (χ0n) is 11.0. The van der Waals surface area contributed by atoms with Gasteiger partial charge in [-0.25, -0.2) is 0 Å². The second kappa shape index (κ2) is 3.74. The van der Waals surface area contributed by atoms with Gasteiger partial charge >= 0.3 is 0 Å². The third kappa shape index (κ3) is 1.94. The summed E-state index contributed by atoms with van der Waals surface area (Å²) < 4.78 is 0. The Morgan fingerprint density at radius 3 is 1.60 bits per heavy atom. The van der Waals surface area contributed by atoms with Crippen LogP contribution in [0.2, 0.25) is 0 Å². The molecule has 2 heterocycles. The van der Waals surface area contributed by atoms with Gasteiger partial charge in [0, 0.05) is 38.3 Å². The molecule has 2 fully saturated rings. The highest BCUT2D eigenvalue weighted by molar-refractivity contribution is 5.02. The predicted molar refractivity (Wildman–Crippen MR) is 65.0 cm³/mol. The van der Waals surface area contributed by atoms with E-state index in [1.165, 1.54) is 26.2 Å². The number of hydrogen-bond acceptors (Lipinski definition) is 2. The van der Waals surface area contributed by atoms with E-state index in [2.05, 4.69) is 44.4 Å². The van der Waals surface area contributed by atoms with E-state index in [-0.39, 0.29) is 0 Å². The molecule has 15 heavy (non-hydrogen) atoms. The number of hydrogen-bond donors (Lipinski definition) is 0. The lowest BCUT2D eigenvalue weighted by Crippen LogP contribution is -2.37. The lowest BCUT2D eigenvalue weighted by molar-refractivity contribution is 0.181. The Labute approximate surface area is 94.6 Å². The summed E-state index contributed by atoms with van der Waals surface area (Å²) >= 11 is 0. The van der Waals surface area contributed by atoms with Crippen molar-refractivity contribution in [1.82, 2.24) is 9.80 Å². The highest BCUT2D eigenvalue weighted by atomic mass is 15.3. The molecule has 0 radical (unpaired) electrons. The molecule has 0 bridgehead atoms. The third-order valence-electron chi connectivity index (χ3n) is 4.48. The minimum atomic E-state index is 0.564. The fourth-order valence-electron chi connectivity index (χ4n) is 3.22. The molecule has 0 spiro atoms. The van der Waals surface area contributed by atoms with Crippen molar-refractivity contribution < 1.29 is 0 Å². The van der Waals surface area contributed by atoms with Crippen LogP contribution < -0.4 is 0 Å². The zero-order valence-corrected chi connectivity index (χ0v) is 11.0. The first kappa shape index (κ1) is 11.4. The maximum absolute atomic E-state index is 2.66. The van der Waals surface area contributed by atoms with E-state index in [1.807, 2.05) is 0 Å². The fraction of sp³-hybridized carbons (Fsp3) is 1.00. The maximum atomic E-state index is 2.66. The second-order valence-electron chi connectivity index (χ2n) is 6.40. The van der Waals surface area contributed by atoms with Crippen LogP contribution in [-0.4, -0.2) is 48.1 Å². The van der Waals surface area contributed by atoms with Crippen LogP contribution >= 0.6 is 0 Å². The molecule has 0 atom stereocenters. The third-order valence-corrected chi connectivity index (χ3v) is 4.48. The van der Waals surface area contributed by atoms with Gasteiger partial charge in [0.05, 0.1) is 0 Å². The Bertz CT molecular complexity index is 215. The van der Waals surface area contributed by atoms with Gasteiger partial charge in [-0.1, -0.05) is 6.92 Å². The lowest BCUT2D eigenvalue weighted by Gasteiger charge is -2.29. The minimum absolute atomic E-state index is 0.564. The number of nitrogens with zero attached hydrogens (tertiary/aromatic N) is 2. The predicted octanol–water partition coefficient (Wildman–Crippen LogP) is 2.06. The van der Waals surface area contributed by atoms with Crippen LogP contribution in [0.15, 0.2) is 0 Å². The second-order valence-corrected chi connectivity index (χ2v) is 6.40. The van der Waals surface area contributed by atoms with Crippen LogP contribution in [0.3, 0.4) is 0 Å². The standard InChI is InChI=1S/C13H26N2/c1-10(2)14-6-12-7-15(11(3)4)9-13(12,5)8-14/h10-12H,6-9H2,1-5H3/t12-,13+. The average molecular weight is 210 g/mol. The molecule has 2 rings (SSSR count). The van der Waals surface area contributed by atoms with Gasteiger partial charge in [0.1, 0.15) is 0 Å². The largest absolute Gasteiger partial charge is 0.300 e. The molecule has 2 nitrogen and oxygen atoms in total. The van der Waals surface area contributed by atoms with Gasteiger partial charge < -0.3 is 0 Å². The molecule has 0 unspecified atom stereocenters. The zero-order chi connectivity index (χ0) is 11.2. The number of rotatable bonds is 2. The van der Waals surface area contributed by atoms with E-state index >= 15 is 0 Å². The van der Waals surface area contributed by atoms with Crippen molar-refractivity contribution in [3.8, 4) is 0 Å². The normalized spacial score (nSPS) is 38.2. The summed E-state index contributed by atoms with van der Waals surface area (Å²) in [7, 11) is 0. The van der Waals surface area contributed by atoms with Crippen LogP contribution in [0, 0.1) is 11.3 Å². The molecule has 0 aliphatic carbocycles. The summed E-state index contributed by atoms with van der Waals surface area (Å²) in [4.78, 5) is 5.31. The highest BCUT2D eigenvalue weighted by Gasteiger charge is 2.49. The van der Waals surface area contributed by atoms with Crippen molar-refractivity contribution >= 4 is 0 Å². The molecular formula is C13H26N2. The summed E-state index contributed by atoms with van der Waals surface area (Å²) in [5.41, 5.74) is 0.564. The van der Waals surface area contributed by atoms with Gasteiger partial charge in [0.25, 0.3) is 0 Å². The molecule has 0 N–H and O–H groups in total. The van der Waals surface area contributed by atoms with E-state index in [0.29, 0.717) is 5.41 Å². The number of fused-ring (bicyclic) bond motifs is 1. The van der Waals surface area contributed by atoms with Crippen molar-refractivity contribution in [2.75, 3.05) is 26.2 Å². The molecule has 2 aliphatic heterocycles. The van der Waals surface area contributed by atoms with Gasteiger partial charge in [0.15, 0.2) is 0 Å². The van der Waals surface area contributed by atoms with Crippen molar-refractivity contribution in [3.63, 3.8) is 0 Å². The monoisotopic (exact) mass is 210 g/mol. The van der Waals surface area contributed by atoms with E-state index in [1.54, 1.807) is 0 Å². The van der Waals surface area contributed by atoms with E-state index in [0.717, 1.165) is 18.0 Å². The van der Waals surface area contributed by atoms with Crippen LogP contribution in [0.4, 0.5) is 0 Å². The molecule has 0 aromatic carbocycles. The molecule has 0 amide bonds. The van der Waals surface area contributed by atoms with Gasteiger partial charge in [-0.2, -0.15) is 0 Å². The summed E-state index contributed by atoms with van der Waals surface area (Å²) in [6, 6.07) is 1.44. The first-order valence-electron chi connectivity index (χ1n) is 6.40. The number of likely N-dealkylation sites (tertiary alicyclic amines) is 2. The van der Waals surface area contributed by atoms with E-state index in [4.69, 9.17) is 0 Å². The highest BCUT2D eigenvalue weighted by Crippen LogP contribution is 2.43. The summed E-state index contributed by atoms with van der Waals surface area (Å²) in [6.45, 7) is 17.0. The molecule has 2 heteroatoms. The average Bonchev–Trinajstić information content (AvgIpc) is 2.55. The molecule has 0 aromatic heterocycles. The molecular weight excluding hydrogens is 184 g/mol. The maximum Gasteiger partial charge on any atom is 0.00540 e. The Morgan fingerprint density at radius 2 is 1.33 bits per heavy atom. The van der Waals surface area contributed by atoms with Crippen molar-refractivity contribution in [1.29, 1.82) is 0 Å². The van der Waals surface area contributed by atoms with Crippen molar-refractivity contribution in [2.24, 2.45) is 11.3 Å². The topological polar surface area (TPSA) is 6.48 Å². The van der Waals surface area contributed by atoms with Gasteiger partial charge in [-0.3, -0.25) is 9.80 Å². The van der Waals surface area contributed by atoms with Crippen molar-refractivity contribution in [2.45, 2.75) is 46.7 Å². The molecule has 0 saturated carbocycles. The Kier molecular flexibility index (Phi) is 2.85. The SMILES string of the molecule is CC(C)N1C[C@H]2CN(C(C)C)C[C@@]2(C)C1. The first-order valence-corrected chi connectivity index (χ1v) is 6.40. The molecule has 2 aliphatic rings. The Hall–Kier alpha value is -0.0800.